The fourth-order valence-corrected chi connectivity index (χ4v) is 2.56. The first-order valence-electron chi connectivity index (χ1n) is 8.68. The number of aliphatic hydroxyl groups excluding tert-OH is 1. The van der Waals surface area contributed by atoms with Gasteiger partial charge in [0.2, 0.25) is 12.8 Å². The third kappa shape index (κ3) is 7.65. The minimum atomic E-state index is -0.744. The Balaban J connectivity index is 0.00000122. The molecule has 8 nitrogen and oxygen atoms in total. The smallest absolute Gasteiger partial charge is 0.211 e. The van der Waals surface area contributed by atoms with E-state index in [-0.39, 0.29) is 23.9 Å². The molecular weight excluding hydrogens is 362 g/mol. The average Bonchev–Trinajstić information content (AvgIpc) is 2.69. The van der Waals surface area contributed by atoms with Gasteiger partial charge in [0.15, 0.2) is 0 Å². The summed E-state index contributed by atoms with van der Waals surface area (Å²) >= 11 is 0. The molecule has 8 heteroatoms. The number of amides is 2. The fourth-order valence-electron chi connectivity index (χ4n) is 2.56. The van der Waals surface area contributed by atoms with Crippen LogP contribution in [0.15, 0.2) is 42.5 Å². The summed E-state index contributed by atoms with van der Waals surface area (Å²) in [5, 5.41) is 25.6. The van der Waals surface area contributed by atoms with Gasteiger partial charge in [0.05, 0.1) is 18.9 Å². The molecule has 0 aliphatic carbocycles. The van der Waals surface area contributed by atoms with Gasteiger partial charge in [-0.3, -0.25) is 9.59 Å². The van der Waals surface area contributed by atoms with Crippen LogP contribution in [0.1, 0.15) is 24.2 Å². The second-order valence-corrected chi connectivity index (χ2v) is 6.05. The van der Waals surface area contributed by atoms with E-state index < -0.39 is 6.10 Å². The van der Waals surface area contributed by atoms with Crippen LogP contribution >= 0.6 is 0 Å². The van der Waals surface area contributed by atoms with Gasteiger partial charge in [-0.15, -0.1) is 0 Å². The number of benzene rings is 2. The van der Waals surface area contributed by atoms with Crippen molar-refractivity contribution in [3.8, 4) is 11.5 Å². The summed E-state index contributed by atoms with van der Waals surface area (Å²) in [6.45, 7) is 2.41. The van der Waals surface area contributed by atoms with Crippen LogP contribution in [0.5, 0.6) is 11.5 Å². The van der Waals surface area contributed by atoms with Gasteiger partial charge in [-0.25, -0.2) is 0 Å². The van der Waals surface area contributed by atoms with Crippen molar-refractivity contribution in [2.45, 2.75) is 25.5 Å². The van der Waals surface area contributed by atoms with Crippen LogP contribution in [0.2, 0.25) is 0 Å². The highest BCUT2D eigenvalue weighted by Gasteiger charge is 2.12. The first-order valence-corrected chi connectivity index (χ1v) is 8.68. The number of hydrogen-bond donors (Lipinski definition) is 5. The standard InChI is InChI=1S/C19H24N2O4.CH3NO/c1-13(9-14-3-6-16(25-2)7-4-14)20-11-19(24)15-5-8-18(23)17(10-15)21-12-22;2-1-3/h3-8,10,12-13,19-20,23-24H,9,11H2,1-2H3,(H,21,22);1H,(H2,2,3)/t13-,19+;/m1./s1. The number of carbonyl (C=O) groups excluding carboxylic acids is 2. The number of rotatable bonds is 9. The summed E-state index contributed by atoms with van der Waals surface area (Å²) in [7, 11) is 1.64. The molecule has 0 spiro atoms. The second kappa shape index (κ2) is 12.3. The highest BCUT2D eigenvalue weighted by atomic mass is 16.5. The van der Waals surface area contributed by atoms with Crippen LogP contribution in [-0.4, -0.2) is 42.7 Å². The molecule has 0 aliphatic rings. The first-order chi connectivity index (χ1) is 13.4. The fraction of sp³-hybridized carbons (Fsp3) is 0.300. The predicted octanol–water partition coefficient (Wildman–Crippen LogP) is 1.32. The van der Waals surface area contributed by atoms with Crippen molar-refractivity contribution >= 4 is 18.5 Å². The summed E-state index contributed by atoms with van der Waals surface area (Å²) in [4.78, 5) is 19.1. The van der Waals surface area contributed by atoms with Gasteiger partial charge in [-0.2, -0.15) is 0 Å². The lowest BCUT2D eigenvalue weighted by molar-refractivity contribution is -0.107. The van der Waals surface area contributed by atoms with E-state index in [2.05, 4.69) is 16.4 Å². The molecule has 2 amide bonds. The monoisotopic (exact) mass is 389 g/mol. The Kier molecular flexibility index (Phi) is 10.1. The number of nitrogens with two attached hydrogens (primary N) is 1. The zero-order valence-corrected chi connectivity index (χ0v) is 16.0. The van der Waals surface area contributed by atoms with E-state index in [4.69, 9.17) is 9.53 Å². The molecule has 2 aromatic rings. The summed E-state index contributed by atoms with van der Waals surface area (Å²) in [5.41, 5.74) is 6.24. The molecule has 0 heterocycles. The van der Waals surface area contributed by atoms with Gasteiger partial charge in [0.1, 0.15) is 11.5 Å². The van der Waals surface area contributed by atoms with E-state index in [0.717, 1.165) is 12.2 Å². The highest BCUT2D eigenvalue weighted by Crippen LogP contribution is 2.26. The third-order valence-electron chi connectivity index (χ3n) is 3.98. The third-order valence-corrected chi connectivity index (χ3v) is 3.98. The molecule has 0 saturated carbocycles. The number of primary amides is 1. The van der Waals surface area contributed by atoms with E-state index in [1.54, 1.807) is 19.2 Å². The van der Waals surface area contributed by atoms with Crippen LogP contribution in [0.3, 0.4) is 0 Å². The van der Waals surface area contributed by atoms with Crippen molar-refractivity contribution in [3.05, 3.63) is 53.6 Å². The number of ether oxygens (including phenoxy) is 1. The number of phenols is 1. The average molecular weight is 389 g/mol. The van der Waals surface area contributed by atoms with Gasteiger partial charge < -0.3 is 31.3 Å². The molecule has 0 saturated heterocycles. The normalized spacial score (nSPS) is 12.1. The molecule has 6 N–H and O–H groups in total. The SMILES string of the molecule is COc1ccc(C[C@@H](C)NC[C@H](O)c2ccc(O)c(NC=O)c2)cc1.NC=O. The molecule has 0 aromatic heterocycles. The molecule has 0 fully saturated rings. The molecule has 2 atom stereocenters. The lowest BCUT2D eigenvalue weighted by atomic mass is 10.1. The van der Waals surface area contributed by atoms with Crippen molar-refractivity contribution in [3.63, 3.8) is 0 Å². The molecule has 28 heavy (non-hydrogen) atoms. The lowest BCUT2D eigenvalue weighted by Gasteiger charge is -2.18. The second-order valence-electron chi connectivity index (χ2n) is 6.05. The number of carbonyl (C=O) groups is 2. The van der Waals surface area contributed by atoms with Gasteiger partial charge in [-0.05, 0) is 48.7 Å². The van der Waals surface area contributed by atoms with Crippen LogP contribution < -0.4 is 21.1 Å². The number of aliphatic hydroxyl groups is 1. The lowest BCUT2D eigenvalue weighted by Crippen LogP contribution is -2.32. The topological polar surface area (TPSA) is 134 Å². The van der Waals surface area contributed by atoms with E-state index in [1.165, 1.54) is 11.6 Å². The van der Waals surface area contributed by atoms with Crippen molar-refractivity contribution in [1.29, 1.82) is 0 Å². The molecule has 0 bridgehead atoms. The molecule has 152 valence electrons. The van der Waals surface area contributed by atoms with Crippen molar-refractivity contribution in [2.24, 2.45) is 5.73 Å². The Labute approximate surface area is 164 Å². The number of aromatic hydroxyl groups is 1. The quantitative estimate of drug-likeness (QED) is 0.324. The van der Waals surface area contributed by atoms with Crippen LogP contribution in [-0.2, 0) is 16.0 Å². The number of anilines is 1. The predicted molar refractivity (Wildman–Crippen MR) is 107 cm³/mol. The van der Waals surface area contributed by atoms with Crippen molar-refractivity contribution in [1.82, 2.24) is 5.32 Å². The minimum Gasteiger partial charge on any atom is -0.506 e. The van der Waals surface area contributed by atoms with E-state index >= 15 is 0 Å². The Bertz CT molecular complexity index is 737. The first kappa shape index (κ1) is 22.9. The van der Waals surface area contributed by atoms with Crippen molar-refractivity contribution in [2.75, 3.05) is 19.0 Å². The summed E-state index contributed by atoms with van der Waals surface area (Å²) in [5.74, 6) is 0.788. The van der Waals surface area contributed by atoms with Gasteiger partial charge >= 0.3 is 0 Å². The minimum absolute atomic E-state index is 0.0381. The van der Waals surface area contributed by atoms with Crippen LogP contribution in [0.25, 0.3) is 0 Å². The number of nitrogens with one attached hydrogen (secondary N) is 2. The largest absolute Gasteiger partial charge is 0.506 e. The van der Waals surface area contributed by atoms with E-state index in [1.807, 2.05) is 31.2 Å². The molecular formula is C20H27N3O5. The number of hydrogen-bond acceptors (Lipinski definition) is 6. The molecule has 2 aromatic carbocycles. The molecule has 2 rings (SSSR count). The summed E-state index contributed by atoms with van der Waals surface area (Å²) in [6, 6.07) is 12.7. The van der Waals surface area contributed by atoms with Gasteiger partial charge in [-0.1, -0.05) is 18.2 Å². The Morgan fingerprint density at radius 3 is 2.39 bits per heavy atom. The van der Waals surface area contributed by atoms with E-state index in [9.17, 15) is 15.0 Å². The molecule has 0 aliphatic heterocycles. The van der Waals surface area contributed by atoms with Crippen LogP contribution in [0, 0.1) is 0 Å². The zero-order chi connectivity index (χ0) is 20.9. The Morgan fingerprint density at radius 1 is 1.18 bits per heavy atom. The maximum absolute atomic E-state index is 10.5. The highest BCUT2D eigenvalue weighted by molar-refractivity contribution is 5.75. The van der Waals surface area contributed by atoms with Gasteiger partial charge in [0.25, 0.3) is 0 Å². The number of phenolic OH excluding ortho intramolecular Hbond substituents is 1. The van der Waals surface area contributed by atoms with Gasteiger partial charge in [0, 0.05) is 12.6 Å². The Hall–Kier alpha value is -3.10. The van der Waals surface area contributed by atoms with Crippen molar-refractivity contribution < 1.29 is 24.5 Å². The molecule has 0 radical (unpaired) electrons. The maximum Gasteiger partial charge on any atom is 0.211 e. The number of methoxy groups -OCH3 is 1. The summed E-state index contributed by atoms with van der Waals surface area (Å²) in [6.07, 6.45) is 0.816. The Morgan fingerprint density at radius 2 is 1.82 bits per heavy atom. The zero-order valence-electron chi connectivity index (χ0n) is 16.0. The maximum atomic E-state index is 10.5. The van der Waals surface area contributed by atoms with E-state index in [0.29, 0.717) is 18.5 Å². The molecule has 0 unspecified atom stereocenters. The summed E-state index contributed by atoms with van der Waals surface area (Å²) < 4.78 is 5.14. The van der Waals surface area contributed by atoms with Crippen LogP contribution in [0.4, 0.5) is 5.69 Å².